The van der Waals surface area contributed by atoms with E-state index in [1.165, 1.54) is 16.8 Å². The quantitative estimate of drug-likeness (QED) is 0.828. The van der Waals surface area contributed by atoms with Gasteiger partial charge in [0.05, 0.1) is 5.69 Å². The Hall–Kier alpha value is -2.14. The third-order valence-electron chi connectivity index (χ3n) is 4.32. The van der Waals surface area contributed by atoms with Crippen molar-refractivity contribution in [3.63, 3.8) is 0 Å². The fraction of sp³-hybridized carbons (Fsp3) is 0.375. The predicted molar refractivity (Wildman–Crippen MR) is 83.9 cm³/mol. The van der Waals surface area contributed by atoms with Crippen LogP contribution in [0.25, 0.3) is 0 Å². The van der Waals surface area contributed by atoms with Crippen LogP contribution in [0.3, 0.4) is 0 Å². The lowest BCUT2D eigenvalue weighted by Crippen LogP contribution is -2.20. The minimum absolute atomic E-state index is 0.384. The molecule has 0 saturated carbocycles. The van der Waals surface area contributed by atoms with Gasteiger partial charge in [-0.15, -0.1) is 0 Å². The first-order valence-corrected chi connectivity index (χ1v) is 7.54. The molecule has 0 spiro atoms. The van der Waals surface area contributed by atoms with E-state index in [2.05, 4.69) is 44.5 Å². The first-order chi connectivity index (χ1) is 10.3. The van der Waals surface area contributed by atoms with E-state index in [0.29, 0.717) is 5.95 Å². The van der Waals surface area contributed by atoms with E-state index in [1.807, 2.05) is 0 Å². The summed E-state index contributed by atoms with van der Waals surface area (Å²) in [5.74, 6) is 1.39. The van der Waals surface area contributed by atoms with Crippen molar-refractivity contribution < 1.29 is 0 Å². The Labute approximate surface area is 124 Å². The number of hydrogen-bond acceptors (Lipinski definition) is 5. The van der Waals surface area contributed by atoms with Crippen molar-refractivity contribution in [2.24, 2.45) is 0 Å². The van der Waals surface area contributed by atoms with Crippen molar-refractivity contribution in [1.29, 1.82) is 0 Å². The molecule has 3 heterocycles. The first kappa shape index (κ1) is 12.6. The number of nitrogens with one attached hydrogen (secondary N) is 1. The zero-order valence-electron chi connectivity index (χ0n) is 12.0. The number of benzene rings is 1. The molecule has 2 aromatic rings. The highest BCUT2D eigenvalue weighted by atomic mass is 15.2. The van der Waals surface area contributed by atoms with Crippen molar-refractivity contribution in [3.8, 4) is 0 Å². The smallest absolute Gasteiger partial charge is 0.222 e. The number of para-hydroxylation sites is 1. The lowest BCUT2D eigenvalue weighted by atomic mass is 10.1. The standard InChI is InChI=1S/C16H19N5/c17-16-19-13-6-9-18-8-5-12(13)15(20-16)21-10-7-11-3-1-2-4-14(11)21/h1-4,18H,5-10H2,(H2,17,19,20). The van der Waals surface area contributed by atoms with Crippen molar-refractivity contribution in [2.45, 2.75) is 19.3 Å². The highest BCUT2D eigenvalue weighted by molar-refractivity contribution is 5.70. The number of anilines is 3. The van der Waals surface area contributed by atoms with E-state index in [9.17, 15) is 0 Å². The zero-order chi connectivity index (χ0) is 14.2. The molecule has 2 aliphatic heterocycles. The molecule has 5 heteroatoms. The molecule has 108 valence electrons. The van der Waals surface area contributed by atoms with Gasteiger partial charge in [-0.2, -0.15) is 4.98 Å². The molecule has 0 amide bonds. The van der Waals surface area contributed by atoms with Gasteiger partial charge in [0.1, 0.15) is 5.82 Å². The summed E-state index contributed by atoms with van der Waals surface area (Å²) < 4.78 is 0. The van der Waals surface area contributed by atoms with Gasteiger partial charge in [-0.1, -0.05) is 18.2 Å². The summed E-state index contributed by atoms with van der Waals surface area (Å²) in [6.45, 7) is 2.90. The number of nitrogens with two attached hydrogens (primary N) is 1. The molecule has 5 nitrogen and oxygen atoms in total. The maximum atomic E-state index is 5.95. The highest BCUT2D eigenvalue weighted by Gasteiger charge is 2.26. The average Bonchev–Trinajstić information content (AvgIpc) is 2.78. The third kappa shape index (κ3) is 2.14. The molecule has 0 saturated heterocycles. The van der Waals surface area contributed by atoms with Crippen LogP contribution in [0.5, 0.6) is 0 Å². The van der Waals surface area contributed by atoms with Gasteiger partial charge >= 0.3 is 0 Å². The molecule has 1 aromatic carbocycles. The average molecular weight is 281 g/mol. The lowest BCUT2D eigenvalue weighted by Gasteiger charge is -2.22. The largest absolute Gasteiger partial charge is 0.368 e. The molecular weight excluding hydrogens is 262 g/mol. The van der Waals surface area contributed by atoms with Gasteiger partial charge in [-0.05, 0) is 31.0 Å². The number of fused-ring (bicyclic) bond motifs is 2. The molecule has 4 rings (SSSR count). The summed E-state index contributed by atoms with van der Waals surface area (Å²) in [5, 5.41) is 3.42. The van der Waals surface area contributed by atoms with Crippen molar-refractivity contribution in [1.82, 2.24) is 15.3 Å². The molecular formula is C16H19N5. The molecule has 0 unspecified atom stereocenters. The van der Waals surface area contributed by atoms with Gasteiger partial charge < -0.3 is 16.0 Å². The molecule has 2 aliphatic rings. The van der Waals surface area contributed by atoms with E-state index in [-0.39, 0.29) is 0 Å². The van der Waals surface area contributed by atoms with Crippen LogP contribution in [0.2, 0.25) is 0 Å². The zero-order valence-corrected chi connectivity index (χ0v) is 12.0. The Morgan fingerprint density at radius 2 is 1.90 bits per heavy atom. The predicted octanol–water partition coefficient (Wildman–Crippen LogP) is 1.44. The second kappa shape index (κ2) is 5.00. The van der Waals surface area contributed by atoms with E-state index < -0.39 is 0 Å². The Kier molecular flexibility index (Phi) is 3.00. The summed E-state index contributed by atoms with van der Waals surface area (Å²) in [7, 11) is 0. The maximum absolute atomic E-state index is 5.95. The number of rotatable bonds is 1. The van der Waals surface area contributed by atoms with E-state index in [4.69, 9.17) is 5.73 Å². The Morgan fingerprint density at radius 1 is 1.05 bits per heavy atom. The normalized spacial score (nSPS) is 17.2. The summed E-state index contributed by atoms with van der Waals surface area (Å²) in [6.07, 6.45) is 2.95. The van der Waals surface area contributed by atoms with Crippen LogP contribution >= 0.6 is 0 Å². The molecule has 0 atom stereocenters. The van der Waals surface area contributed by atoms with Crippen LogP contribution in [-0.4, -0.2) is 29.6 Å². The number of hydrogen-bond donors (Lipinski definition) is 2. The van der Waals surface area contributed by atoms with Crippen LogP contribution in [0.1, 0.15) is 16.8 Å². The third-order valence-corrected chi connectivity index (χ3v) is 4.32. The van der Waals surface area contributed by atoms with Crippen molar-refractivity contribution >= 4 is 17.5 Å². The van der Waals surface area contributed by atoms with Gasteiger partial charge in [0.2, 0.25) is 5.95 Å². The number of nitrogen functional groups attached to an aromatic ring is 1. The lowest BCUT2D eigenvalue weighted by molar-refractivity contribution is 0.708. The fourth-order valence-electron chi connectivity index (χ4n) is 3.33. The Balaban J connectivity index is 1.84. The monoisotopic (exact) mass is 281 g/mol. The minimum atomic E-state index is 0.384. The molecule has 1 aromatic heterocycles. The highest BCUT2D eigenvalue weighted by Crippen LogP contribution is 2.36. The van der Waals surface area contributed by atoms with Gasteiger partial charge in [-0.25, -0.2) is 4.98 Å². The summed E-state index contributed by atoms with van der Waals surface area (Å²) in [6, 6.07) is 8.55. The number of aromatic nitrogens is 2. The van der Waals surface area contributed by atoms with Gasteiger partial charge in [0, 0.05) is 30.8 Å². The van der Waals surface area contributed by atoms with Gasteiger partial charge in [0.15, 0.2) is 0 Å². The maximum Gasteiger partial charge on any atom is 0.222 e. The van der Waals surface area contributed by atoms with Crippen LogP contribution in [0.4, 0.5) is 17.5 Å². The molecule has 0 fully saturated rings. The summed E-state index contributed by atoms with van der Waals surface area (Å²) in [4.78, 5) is 11.3. The van der Waals surface area contributed by atoms with Crippen LogP contribution in [0.15, 0.2) is 24.3 Å². The molecule has 0 aliphatic carbocycles. The minimum Gasteiger partial charge on any atom is -0.368 e. The van der Waals surface area contributed by atoms with Crippen LogP contribution in [-0.2, 0) is 19.3 Å². The first-order valence-electron chi connectivity index (χ1n) is 7.54. The Morgan fingerprint density at radius 3 is 2.86 bits per heavy atom. The Bertz CT molecular complexity index is 682. The van der Waals surface area contributed by atoms with Crippen LogP contribution in [0, 0.1) is 0 Å². The van der Waals surface area contributed by atoms with Crippen LogP contribution < -0.4 is 16.0 Å². The topological polar surface area (TPSA) is 67.1 Å². The second-order valence-corrected chi connectivity index (χ2v) is 5.61. The molecule has 3 N–H and O–H groups in total. The molecule has 0 radical (unpaired) electrons. The summed E-state index contributed by atoms with van der Waals surface area (Å²) in [5.41, 5.74) is 11.0. The second-order valence-electron chi connectivity index (χ2n) is 5.61. The van der Waals surface area contributed by atoms with Crippen molar-refractivity contribution in [3.05, 3.63) is 41.1 Å². The van der Waals surface area contributed by atoms with Gasteiger partial charge in [-0.3, -0.25) is 0 Å². The van der Waals surface area contributed by atoms with Gasteiger partial charge in [0.25, 0.3) is 0 Å². The SMILES string of the molecule is Nc1nc2c(c(N3CCc4ccccc43)n1)CCNCC2. The van der Waals surface area contributed by atoms with E-state index in [0.717, 1.165) is 50.4 Å². The molecule has 21 heavy (non-hydrogen) atoms. The van der Waals surface area contributed by atoms with Crippen molar-refractivity contribution in [2.75, 3.05) is 30.3 Å². The van der Waals surface area contributed by atoms with E-state index >= 15 is 0 Å². The molecule has 0 bridgehead atoms. The fourth-order valence-corrected chi connectivity index (χ4v) is 3.33. The summed E-state index contributed by atoms with van der Waals surface area (Å²) >= 11 is 0. The van der Waals surface area contributed by atoms with E-state index in [1.54, 1.807) is 0 Å². The number of nitrogens with zero attached hydrogens (tertiary/aromatic N) is 3.